The Labute approximate surface area is 588 Å². The van der Waals surface area contributed by atoms with Crippen molar-refractivity contribution in [3.05, 3.63) is 257 Å². The van der Waals surface area contributed by atoms with Gasteiger partial charge in [0, 0.05) is 25.1 Å². The third-order valence-electron chi connectivity index (χ3n) is 13.3. The summed E-state index contributed by atoms with van der Waals surface area (Å²) in [5.74, 6) is 3.26. The number of halogens is 15. The highest BCUT2D eigenvalue weighted by Gasteiger charge is 2.33. The molecule has 96 heavy (non-hydrogen) atoms. The lowest BCUT2D eigenvalue weighted by atomic mass is 10.0. The Bertz CT molecular complexity index is 3390. The molecule has 0 aliphatic heterocycles. The minimum atomic E-state index is -4.62. The second kappa shape index (κ2) is 43.9. The molecule has 0 spiro atoms. The fourth-order valence-corrected chi connectivity index (χ4v) is 10.1. The molecule has 0 N–H and O–H groups in total. The molecule has 0 amide bonds. The number of para-hydroxylation sites is 2. The first-order valence-electron chi connectivity index (χ1n) is 31.1. The van der Waals surface area contributed by atoms with Gasteiger partial charge < -0.3 is 18.9 Å². The van der Waals surface area contributed by atoms with E-state index in [0.717, 1.165) is 65.1 Å². The van der Waals surface area contributed by atoms with E-state index >= 15 is 0 Å². The number of alkyl halides is 9. The second-order valence-electron chi connectivity index (χ2n) is 24.2. The Kier molecular flexibility index (Phi) is 40.1. The molecular weight excluding hydrogens is 1360 g/mol. The van der Waals surface area contributed by atoms with Crippen molar-refractivity contribution < 1.29 is 62.9 Å². The molecule has 0 heterocycles. The first kappa shape index (κ1) is 87.7. The van der Waals surface area contributed by atoms with E-state index in [-0.39, 0.29) is 40.8 Å². The fourth-order valence-electron chi connectivity index (χ4n) is 8.53. The van der Waals surface area contributed by atoms with Crippen LogP contribution in [0.4, 0.5) is 43.9 Å². The van der Waals surface area contributed by atoms with Crippen LogP contribution in [0.3, 0.4) is 0 Å². The Morgan fingerprint density at radius 3 is 1.12 bits per heavy atom. The number of hydrogen-bond acceptors (Lipinski definition) is 4. The molecule has 19 heteroatoms. The summed E-state index contributed by atoms with van der Waals surface area (Å²) in [6, 6.07) is 52.2. The van der Waals surface area contributed by atoms with Gasteiger partial charge in [-0.25, -0.2) is 4.39 Å². The molecule has 8 aromatic carbocycles. The van der Waals surface area contributed by atoms with Crippen molar-refractivity contribution in [2.24, 2.45) is 5.92 Å². The maximum atomic E-state index is 12.8. The van der Waals surface area contributed by atoms with Gasteiger partial charge in [-0.05, 0) is 177 Å². The molecule has 0 aliphatic carbocycles. The molecule has 0 fully saturated rings. The van der Waals surface area contributed by atoms with Crippen molar-refractivity contribution in [1.82, 2.24) is 0 Å². The zero-order chi connectivity index (χ0) is 73.3. The molecule has 0 aromatic heterocycles. The lowest BCUT2D eigenvalue weighted by molar-refractivity contribution is -0.275. The van der Waals surface area contributed by atoms with Gasteiger partial charge in [-0.3, -0.25) is 0 Å². The van der Waals surface area contributed by atoms with E-state index < -0.39 is 19.1 Å². The zero-order valence-electron chi connectivity index (χ0n) is 57.4. The summed E-state index contributed by atoms with van der Waals surface area (Å²) in [7, 11) is 1.71. The third-order valence-corrected chi connectivity index (χ3v) is 14.9. The average Bonchev–Trinajstić information content (AvgIpc) is 1.21. The highest BCUT2D eigenvalue weighted by Crippen LogP contribution is 2.34. The minimum absolute atomic E-state index is 0.00792. The number of ether oxygens (including phenoxy) is 4. The molecule has 528 valence electrons. The average molecular weight is 1450 g/mol. The van der Waals surface area contributed by atoms with Crippen molar-refractivity contribution in [3.8, 4) is 23.0 Å². The number of hydrogen-bond donors (Lipinski definition) is 0. The first-order chi connectivity index (χ1) is 44.6. The summed E-state index contributed by atoms with van der Waals surface area (Å²) in [4.78, 5) is 0. The van der Waals surface area contributed by atoms with E-state index in [9.17, 15) is 43.9 Å². The minimum Gasteiger partial charge on any atom is -0.496 e. The van der Waals surface area contributed by atoms with Crippen LogP contribution in [-0.2, 0) is 6.42 Å². The molecular formula is C77H91Cl5F10O4. The van der Waals surface area contributed by atoms with Crippen LogP contribution in [0.25, 0.3) is 0 Å². The summed E-state index contributed by atoms with van der Waals surface area (Å²) < 4.78 is 136. The van der Waals surface area contributed by atoms with E-state index in [2.05, 4.69) is 81.7 Å². The Morgan fingerprint density at radius 2 is 0.740 bits per heavy atom. The number of methoxy groups -OCH3 is 1. The second-order valence-corrected chi connectivity index (χ2v) is 26.2. The molecule has 0 atom stereocenters. The van der Waals surface area contributed by atoms with E-state index in [1.807, 2.05) is 140 Å². The SMILES string of the molecule is CC(C)Cc1cc(Cl)ccc1Cl.CC(C)c1c(Cl)cccc1Cl.CC(C)c1ccc(OC(F)(F)F)cc1.CC(C)c1cccc(OC(F)(F)F)c1.CC(C)c1ccccc1Cl.CC(C)c1ccccc1F.CC(C)c1ccccc1OC(F)(F)F.COc1ccccc1C(C)C. The maximum absolute atomic E-state index is 12.8. The number of rotatable bonds is 13. The predicted octanol–water partition coefficient (Wildman–Crippen LogP) is 28.7. The summed E-state index contributed by atoms with van der Waals surface area (Å²) >= 11 is 29.6. The molecule has 0 radical (unpaired) electrons. The lowest BCUT2D eigenvalue weighted by Gasteiger charge is -2.14. The lowest BCUT2D eigenvalue weighted by Crippen LogP contribution is -2.18. The summed E-state index contributed by atoms with van der Waals surface area (Å²) in [5.41, 5.74) is 7.84. The van der Waals surface area contributed by atoms with Crippen LogP contribution in [0.2, 0.25) is 25.1 Å². The van der Waals surface area contributed by atoms with Crippen molar-refractivity contribution >= 4 is 58.0 Å². The zero-order valence-corrected chi connectivity index (χ0v) is 61.2. The highest BCUT2D eigenvalue weighted by molar-refractivity contribution is 6.36. The van der Waals surface area contributed by atoms with Gasteiger partial charge in [0.05, 0.1) is 7.11 Å². The van der Waals surface area contributed by atoms with E-state index in [1.165, 1.54) is 53.6 Å². The van der Waals surface area contributed by atoms with E-state index in [1.54, 1.807) is 49.6 Å². The topological polar surface area (TPSA) is 36.9 Å². The highest BCUT2D eigenvalue weighted by atomic mass is 35.5. The molecule has 0 saturated heterocycles. The molecule has 4 nitrogen and oxygen atoms in total. The fraction of sp³-hybridized carbons (Fsp3) is 0.377. The molecule has 0 aliphatic rings. The van der Waals surface area contributed by atoms with Crippen LogP contribution in [0.1, 0.15) is 197 Å². The predicted molar refractivity (Wildman–Crippen MR) is 380 cm³/mol. The van der Waals surface area contributed by atoms with Gasteiger partial charge in [0.1, 0.15) is 28.8 Å². The smallest absolute Gasteiger partial charge is 0.496 e. The van der Waals surface area contributed by atoms with Crippen LogP contribution in [0.15, 0.2) is 182 Å². The van der Waals surface area contributed by atoms with Gasteiger partial charge in [-0.15, -0.1) is 39.5 Å². The van der Waals surface area contributed by atoms with Gasteiger partial charge >= 0.3 is 19.1 Å². The Morgan fingerprint density at radius 1 is 0.333 bits per heavy atom. The van der Waals surface area contributed by atoms with Crippen LogP contribution < -0.4 is 18.9 Å². The van der Waals surface area contributed by atoms with Crippen LogP contribution >= 0.6 is 58.0 Å². The van der Waals surface area contributed by atoms with E-state index in [0.29, 0.717) is 35.2 Å². The number of benzene rings is 8. The largest absolute Gasteiger partial charge is 0.573 e. The van der Waals surface area contributed by atoms with E-state index in [4.69, 9.17) is 62.7 Å². The summed E-state index contributed by atoms with van der Waals surface area (Å²) in [6.07, 6.45) is -12.9. The monoisotopic (exact) mass is 1440 g/mol. The molecule has 0 unspecified atom stereocenters. The molecule has 8 aromatic rings. The molecule has 0 bridgehead atoms. The summed E-state index contributed by atoms with van der Waals surface area (Å²) in [5, 5.41) is 3.96. The van der Waals surface area contributed by atoms with Crippen LogP contribution in [-0.4, -0.2) is 26.2 Å². The third kappa shape index (κ3) is 36.9. The standard InChI is InChI=1S/C10H12Cl2.3C10H11F3O.C10H14O.C9H10Cl2.C9H11Cl.C9H11F/c1-7(2)5-8-6-9(11)3-4-10(8)12;1-7(2)8-3-5-9(6-4-8)14-10(11,12)13;1-7(2)8-4-3-5-9(6-8)14-10(11,12)13;1-7(2)8-5-3-4-6-9(8)14-10(11,12)13;1-8(2)9-6-4-5-7-10(9)11-3;1-6(2)9-7(10)4-3-5-8(9)11;2*1-7(2)8-5-3-4-6-9(8)10/h3-4,6-7H,5H2,1-2H3;3*3-7H,1-2H3;4-8H,1-3H3;3-6H,1-2H3;2*3-7H,1-2H3. The van der Waals surface area contributed by atoms with Crippen LogP contribution in [0.5, 0.6) is 23.0 Å². The quantitative estimate of drug-likeness (QED) is 0.108. The van der Waals surface area contributed by atoms with Gasteiger partial charge in [-0.1, -0.05) is 272 Å². The van der Waals surface area contributed by atoms with Crippen molar-refractivity contribution in [3.63, 3.8) is 0 Å². The Hall–Kier alpha value is -6.29. The van der Waals surface area contributed by atoms with Gasteiger partial charge in [-0.2, -0.15) is 0 Å². The normalized spacial score (nSPS) is 11.1. The summed E-state index contributed by atoms with van der Waals surface area (Å²) in [6.45, 7) is 32.5. The van der Waals surface area contributed by atoms with Gasteiger partial charge in [0.2, 0.25) is 0 Å². The van der Waals surface area contributed by atoms with Crippen molar-refractivity contribution in [1.29, 1.82) is 0 Å². The molecule has 8 rings (SSSR count). The maximum Gasteiger partial charge on any atom is 0.573 e. The van der Waals surface area contributed by atoms with Crippen molar-refractivity contribution in [2.45, 2.75) is 178 Å². The van der Waals surface area contributed by atoms with Gasteiger partial charge in [0.15, 0.2) is 0 Å². The van der Waals surface area contributed by atoms with Crippen molar-refractivity contribution in [2.75, 3.05) is 7.11 Å². The molecule has 0 saturated carbocycles. The first-order valence-corrected chi connectivity index (χ1v) is 33.0. The Balaban J connectivity index is 0.000000550. The van der Waals surface area contributed by atoms with Gasteiger partial charge in [0.25, 0.3) is 0 Å². The van der Waals surface area contributed by atoms with Crippen LogP contribution in [0, 0.1) is 11.7 Å².